The van der Waals surface area contributed by atoms with Gasteiger partial charge in [0.2, 0.25) is 0 Å². The number of hydrogen-bond acceptors (Lipinski definition) is 6. The van der Waals surface area contributed by atoms with E-state index in [0.29, 0.717) is 22.6 Å². The summed E-state index contributed by atoms with van der Waals surface area (Å²) in [4.78, 5) is 16.4. The van der Waals surface area contributed by atoms with Gasteiger partial charge < -0.3 is 15.2 Å². The highest BCUT2D eigenvalue weighted by Gasteiger charge is 2.24. The molecule has 0 aliphatic carbocycles. The van der Waals surface area contributed by atoms with E-state index in [1.165, 1.54) is 0 Å². The second-order valence-corrected chi connectivity index (χ2v) is 4.77. The SMILES string of the molecule is CCOC(=O)c1c(C)nc(N)c(C#N)c1-c1ccc(OC)cc1. The first-order chi connectivity index (χ1) is 11.0. The molecule has 23 heavy (non-hydrogen) atoms. The minimum Gasteiger partial charge on any atom is -0.497 e. The number of pyridine rings is 1. The molecule has 6 heteroatoms. The van der Waals surface area contributed by atoms with Crippen molar-refractivity contribution < 1.29 is 14.3 Å². The Balaban J connectivity index is 2.76. The number of anilines is 1. The summed E-state index contributed by atoms with van der Waals surface area (Å²) in [6.07, 6.45) is 0. The summed E-state index contributed by atoms with van der Waals surface area (Å²) < 4.78 is 10.2. The number of methoxy groups -OCH3 is 1. The van der Waals surface area contributed by atoms with Gasteiger partial charge in [0.15, 0.2) is 0 Å². The summed E-state index contributed by atoms with van der Waals surface area (Å²) in [5.74, 6) is 0.229. The van der Waals surface area contributed by atoms with E-state index in [2.05, 4.69) is 4.98 Å². The first-order valence-electron chi connectivity index (χ1n) is 7.05. The maximum atomic E-state index is 12.3. The summed E-state index contributed by atoms with van der Waals surface area (Å²) in [5.41, 5.74) is 7.79. The van der Waals surface area contributed by atoms with Crippen molar-refractivity contribution in [1.82, 2.24) is 4.98 Å². The van der Waals surface area contributed by atoms with Gasteiger partial charge in [0, 0.05) is 5.56 Å². The topological polar surface area (TPSA) is 98.2 Å². The predicted octanol–water partition coefficient (Wildman–Crippen LogP) is 2.70. The van der Waals surface area contributed by atoms with E-state index in [1.807, 2.05) is 6.07 Å². The number of nitrogen functional groups attached to an aromatic ring is 1. The van der Waals surface area contributed by atoms with Gasteiger partial charge in [-0.15, -0.1) is 0 Å². The number of aromatic nitrogens is 1. The maximum Gasteiger partial charge on any atom is 0.340 e. The fraction of sp³-hybridized carbons (Fsp3) is 0.235. The van der Waals surface area contributed by atoms with E-state index in [4.69, 9.17) is 15.2 Å². The highest BCUT2D eigenvalue weighted by Crippen LogP contribution is 2.33. The predicted molar refractivity (Wildman–Crippen MR) is 86.0 cm³/mol. The van der Waals surface area contributed by atoms with Crippen LogP contribution in [0.4, 0.5) is 5.82 Å². The van der Waals surface area contributed by atoms with Gasteiger partial charge in [-0.05, 0) is 31.5 Å². The number of benzene rings is 1. The molecule has 1 aromatic heterocycles. The molecule has 0 aliphatic heterocycles. The van der Waals surface area contributed by atoms with E-state index in [9.17, 15) is 10.1 Å². The number of nitriles is 1. The average Bonchev–Trinajstić information content (AvgIpc) is 2.54. The molecule has 0 unspecified atom stereocenters. The van der Waals surface area contributed by atoms with Crippen LogP contribution in [0, 0.1) is 18.3 Å². The Bertz CT molecular complexity index is 777. The van der Waals surface area contributed by atoms with Crippen LogP contribution in [0.1, 0.15) is 28.5 Å². The molecule has 0 atom stereocenters. The number of carbonyl (C=O) groups excluding carboxylic acids is 1. The minimum absolute atomic E-state index is 0.0869. The molecule has 1 heterocycles. The molecular formula is C17H17N3O3. The van der Waals surface area contributed by atoms with Crippen LogP contribution < -0.4 is 10.5 Å². The number of hydrogen-bond donors (Lipinski definition) is 1. The molecule has 0 saturated carbocycles. The molecule has 118 valence electrons. The molecule has 0 amide bonds. The summed E-state index contributed by atoms with van der Waals surface area (Å²) >= 11 is 0. The monoisotopic (exact) mass is 311 g/mol. The van der Waals surface area contributed by atoms with Gasteiger partial charge in [-0.25, -0.2) is 9.78 Å². The van der Waals surface area contributed by atoms with Gasteiger partial charge in [-0.1, -0.05) is 12.1 Å². The van der Waals surface area contributed by atoms with E-state index >= 15 is 0 Å². The lowest BCUT2D eigenvalue weighted by Gasteiger charge is -2.15. The Morgan fingerprint density at radius 1 is 1.35 bits per heavy atom. The first kappa shape index (κ1) is 16.3. The van der Waals surface area contributed by atoms with Crippen molar-refractivity contribution in [3.63, 3.8) is 0 Å². The molecule has 0 bridgehead atoms. The second-order valence-electron chi connectivity index (χ2n) is 4.77. The van der Waals surface area contributed by atoms with Gasteiger partial charge >= 0.3 is 5.97 Å². The zero-order valence-corrected chi connectivity index (χ0v) is 13.2. The van der Waals surface area contributed by atoms with Crippen molar-refractivity contribution in [3.8, 4) is 22.9 Å². The molecular weight excluding hydrogens is 294 g/mol. The standard InChI is InChI=1S/C17H17N3O3/c1-4-23-17(21)14-10(2)20-16(19)13(9-18)15(14)11-5-7-12(22-3)8-6-11/h5-8H,4H2,1-3H3,(H2,19,20). The summed E-state index contributed by atoms with van der Waals surface area (Å²) in [5, 5.41) is 9.44. The van der Waals surface area contributed by atoms with Crippen LogP contribution >= 0.6 is 0 Å². The van der Waals surface area contributed by atoms with Crippen LogP contribution in [-0.2, 0) is 4.74 Å². The van der Waals surface area contributed by atoms with Crippen molar-refractivity contribution in [2.75, 3.05) is 19.5 Å². The van der Waals surface area contributed by atoms with E-state index < -0.39 is 5.97 Å². The van der Waals surface area contributed by atoms with Gasteiger partial charge in [0.1, 0.15) is 23.2 Å². The summed E-state index contributed by atoms with van der Waals surface area (Å²) in [6.45, 7) is 3.61. The van der Waals surface area contributed by atoms with Crippen LogP contribution in [0.5, 0.6) is 5.75 Å². The third-order valence-electron chi connectivity index (χ3n) is 3.38. The third kappa shape index (κ3) is 3.09. The molecule has 2 N–H and O–H groups in total. The Kier molecular flexibility index (Phi) is 4.82. The van der Waals surface area contributed by atoms with Crippen molar-refractivity contribution in [2.45, 2.75) is 13.8 Å². The fourth-order valence-electron chi connectivity index (χ4n) is 2.34. The Morgan fingerprint density at radius 2 is 2.00 bits per heavy atom. The molecule has 0 aliphatic rings. The zero-order valence-electron chi connectivity index (χ0n) is 13.2. The minimum atomic E-state index is -0.528. The van der Waals surface area contributed by atoms with Crippen molar-refractivity contribution in [3.05, 3.63) is 41.1 Å². The molecule has 6 nitrogen and oxygen atoms in total. The van der Waals surface area contributed by atoms with Crippen molar-refractivity contribution >= 4 is 11.8 Å². The average molecular weight is 311 g/mol. The maximum absolute atomic E-state index is 12.3. The number of rotatable bonds is 4. The van der Waals surface area contributed by atoms with Gasteiger partial charge in [0.25, 0.3) is 0 Å². The fourth-order valence-corrected chi connectivity index (χ4v) is 2.34. The largest absolute Gasteiger partial charge is 0.497 e. The zero-order chi connectivity index (χ0) is 17.0. The van der Waals surface area contributed by atoms with Crippen LogP contribution in [-0.4, -0.2) is 24.7 Å². The molecule has 0 saturated heterocycles. The lowest BCUT2D eigenvalue weighted by Crippen LogP contribution is -2.13. The van der Waals surface area contributed by atoms with Crippen LogP contribution in [0.2, 0.25) is 0 Å². The van der Waals surface area contributed by atoms with Gasteiger partial charge in [0.05, 0.1) is 25.0 Å². The lowest BCUT2D eigenvalue weighted by atomic mass is 9.94. The number of carbonyl (C=O) groups is 1. The Hall–Kier alpha value is -3.07. The highest BCUT2D eigenvalue weighted by atomic mass is 16.5. The second kappa shape index (κ2) is 6.79. The van der Waals surface area contributed by atoms with Crippen LogP contribution in [0.3, 0.4) is 0 Å². The summed E-state index contributed by atoms with van der Waals surface area (Å²) in [7, 11) is 1.56. The normalized spacial score (nSPS) is 10.0. The number of esters is 1. The third-order valence-corrected chi connectivity index (χ3v) is 3.38. The number of nitrogens with zero attached hydrogens (tertiary/aromatic N) is 2. The van der Waals surface area contributed by atoms with Gasteiger partial charge in [-0.3, -0.25) is 0 Å². The van der Waals surface area contributed by atoms with E-state index in [1.54, 1.807) is 45.2 Å². The van der Waals surface area contributed by atoms with Crippen LogP contribution in [0.25, 0.3) is 11.1 Å². The van der Waals surface area contributed by atoms with E-state index in [0.717, 1.165) is 0 Å². The number of nitrogens with two attached hydrogens (primary N) is 1. The van der Waals surface area contributed by atoms with Crippen LogP contribution in [0.15, 0.2) is 24.3 Å². The molecule has 0 radical (unpaired) electrons. The molecule has 0 spiro atoms. The van der Waals surface area contributed by atoms with Gasteiger partial charge in [-0.2, -0.15) is 5.26 Å². The molecule has 0 fully saturated rings. The highest BCUT2D eigenvalue weighted by molar-refractivity contribution is 6.01. The molecule has 2 aromatic rings. The smallest absolute Gasteiger partial charge is 0.340 e. The quantitative estimate of drug-likeness (QED) is 0.872. The molecule has 2 rings (SSSR count). The van der Waals surface area contributed by atoms with Crippen molar-refractivity contribution in [2.24, 2.45) is 0 Å². The Labute approximate surface area is 134 Å². The number of ether oxygens (including phenoxy) is 2. The van der Waals surface area contributed by atoms with Crippen molar-refractivity contribution in [1.29, 1.82) is 5.26 Å². The molecule has 1 aromatic carbocycles. The first-order valence-corrected chi connectivity index (χ1v) is 7.05. The lowest BCUT2D eigenvalue weighted by molar-refractivity contribution is 0.0526. The number of aryl methyl sites for hydroxylation is 1. The van der Waals surface area contributed by atoms with E-state index in [-0.39, 0.29) is 23.6 Å². The Morgan fingerprint density at radius 3 is 2.52 bits per heavy atom. The summed E-state index contributed by atoms with van der Waals surface area (Å²) in [6, 6.07) is 9.04.